The van der Waals surface area contributed by atoms with Crippen molar-refractivity contribution in [3.05, 3.63) is 29.3 Å². The minimum atomic E-state index is -0.703. The van der Waals surface area contributed by atoms with Crippen molar-refractivity contribution in [2.24, 2.45) is 5.73 Å². The molecule has 4 nitrogen and oxygen atoms in total. The maximum absolute atomic E-state index is 11.2. The monoisotopic (exact) mass is 272 g/mol. The van der Waals surface area contributed by atoms with E-state index < -0.39 is 10.4 Å². The van der Waals surface area contributed by atoms with E-state index >= 15 is 0 Å². The zero-order valence-corrected chi connectivity index (χ0v) is 10.2. The first-order chi connectivity index (χ1) is 6.86. The van der Waals surface area contributed by atoms with E-state index in [1.807, 2.05) is 0 Å². The second kappa shape index (κ2) is 4.20. The maximum Gasteiger partial charge on any atom is 0.337 e. The predicted octanol–water partition coefficient (Wildman–Crippen LogP) is 1.58. The van der Waals surface area contributed by atoms with Crippen molar-refractivity contribution in [2.45, 2.75) is 11.4 Å². The number of ether oxygens (including phenoxy) is 1. The van der Waals surface area contributed by atoms with Gasteiger partial charge < -0.3 is 16.2 Å². The minimum Gasteiger partial charge on any atom is -0.465 e. The lowest BCUT2D eigenvalue weighted by Gasteiger charge is -2.19. The molecule has 0 unspecified atom stereocenters. The molecule has 1 atom stereocenters. The van der Waals surface area contributed by atoms with E-state index in [0.29, 0.717) is 11.3 Å². The Balaban J connectivity index is 3.15. The standard InChI is InChI=1S/C10H13BrN2O2/c1-10(11,13)7-4-3-6(5-8(7)12)9(14)15-2/h3-5H,12-13H2,1-2H3/t10-/m0/s1. The number of benzene rings is 1. The summed E-state index contributed by atoms with van der Waals surface area (Å²) in [5.74, 6) is -0.415. The van der Waals surface area contributed by atoms with Crippen molar-refractivity contribution >= 4 is 27.6 Å². The molecule has 0 aliphatic rings. The van der Waals surface area contributed by atoms with Gasteiger partial charge in [-0.2, -0.15) is 0 Å². The number of rotatable bonds is 2. The molecule has 0 spiro atoms. The average molecular weight is 273 g/mol. The first-order valence-corrected chi connectivity index (χ1v) is 5.11. The summed E-state index contributed by atoms with van der Waals surface area (Å²) < 4.78 is 3.88. The molecule has 0 aromatic heterocycles. The number of methoxy groups -OCH3 is 1. The Morgan fingerprint density at radius 2 is 2.13 bits per heavy atom. The fraction of sp³-hybridized carbons (Fsp3) is 0.300. The number of esters is 1. The van der Waals surface area contributed by atoms with Gasteiger partial charge in [-0.15, -0.1) is 0 Å². The maximum atomic E-state index is 11.2. The number of anilines is 1. The van der Waals surface area contributed by atoms with Crippen LogP contribution < -0.4 is 11.5 Å². The van der Waals surface area contributed by atoms with Gasteiger partial charge in [-0.05, 0) is 19.1 Å². The minimum absolute atomic E-state index is 0.413. The lowest BCUT2D eigenvalue weighted by Crippen LogP contribution is -2.26. The summed E-state index contributed by atoms with van der Waals surface area (Å²) in [6.45, 7) is 1.77. The van der Waals surface area contributed by atoms with Crippen LogP contribution in [0.1, 0.15) is 22.8 Å². The molecule has 0 saturated heterocycles. The highest BCUT2D eigenvalue weighted by Gasteiger charge is 2.20. The molecule has 0 radical (unpaired) electrons. The summed E-state index contributed by atoms with van der Waals surface area (Å²) in [5.41, 5.74) is 13.2. The normalized spacial score (nSPS) is 14.4. The van der Waals surface area contributed by atoms with E-state index in [4.69, 9.17) is 11.5 Å². The molecule has 1 rings (SSSR count). The Kier molecular flexibility index (Phi) is 3.36. The van der Waals surface area contributed by atoms with Crippen LogP contribution in [0.2, 0.25) is 0 Å². The largest absolute Gasteiger partial charge is 0.465 e. The van der Waals surface area contributed by atoms with Gasteiger partial charge >= 0.3 is 5.97 Å². The van der Waals surface area contributed by atoms with Gasteiger partial charge in [-0.1, -0.05) is 22.0 Å². The molecule has 1 aromatic rings. The number of carbonyl (C=O) groups is 1. The van der Waals surface area contributed by atoms with Gasteiger partial charge in [0.05, 0.1) is 17.1 Å². The second-order valence-electron chi connectivity index (χ2n) is 3.37. The smallest absolute Gasteiger partial charge is 0.337 e. The number of halogens is 1. The number of alkyl halides is 1. The summed E-state index contributed by atoms with van der Waals surface area (Å²) in [4.78, 5) is 11.2. The van der Waals surface area contributed by atoms with Crippen LogP contribution in [-0.4, -0.2) is 13.1 Å². The zero-order chi connectivity index (χ0) is 11.6. The molecule has 15 heavy (non-hydrogen) atoms. The molecule has 1 aromatic carbocycles. The summed E-state index contributed by atoms with van der Waals surface area (Å²) in [5, 5.41) is 0. The van der Waals surface area contributed by atoms with E-state index in [2.05, 4.69) is 20.7 Å². The summed E-state index contributed by atoms with van der Waals surface area (Å²) >= 11 is 3.30. The Bertz CT molecular complexity index is 385. The predicted molar refractivity (Wildman–Crippen MR) is 62.7 cm³/mol. The van der Waals surface area contributed by atoms with Crippen LogP contribution >= 0.6 is 15.9 Å². The van der Waals surface area contributed by atoms with Crippen molar-refractivity contribution in [1.82, 2.24) is 0 Å². The third kappa shape index (κ3) is 2.70. The van der Waals surface area contributed by atoms with E-state index in [1.165, 1.54) is 7.11 Å². The summed E-state index contributed by atoms with van der Waals surface area (Å²) in [6, 6.07) is 4.88. The first-order valence-electron chi connectivity index (χ1n) is 4.32. The lowest BCUT2D eigenvalue weighted by molar-refractivity contribution is 0.0601. The fourth-order valence-corrected chi connectivity index (χ4v) is 1.61. The highest BCUT2D eigenvalue weighted by atomic mass is 79.9. The van der Waals surface area contributed by atoms with Gasteiger partial charge in [0.25, 0.3) is 0 Å². The van der Waals surface area contributed by atoms with E-state index in [0.717, 1.165) is 5.56 Å². The molecule has 0 aliphatic heterocycles. The van der Waals surface area contributed by atoms with Gasteiger partial charge in [0.1, 0.15) is 0 Å². The van der Waals surface area contributed by atoms with Crippen molar-refractivity contribution in [3.63, 3.8) is 0 Å². The highest BCUT2D eigenvalue weighted by Crippen LogP contribution is 2.29. The van der Waals surface area contributed by atoms with Gasteiger partial charge in [-0.25, -0.2) is 4.79 Å². The number of carbonyl (C=O) groups excluding carboxylic acids is 1. The van der Waals surface area contributed by atoms with Gasteiger partial charge in [0.15, 0.2) is 0 Å². The van der Waals surface area contributed by atoms with Crippen LogP contribution in [0.25, 0.3) is 0 Å². The van der Waals surface area contributed by atoms with Crippen LogP contribution in [0.4, 0.5) is 5.69 Å². The second-order valence-corrected chi connectivity index (χ2v) is 5.02. The van der Waals surface area contributed by atoms with Crippen molar-refractivity contribution in [1.29, 1.82) is 0 Å². The van der Waals surface area contributed by atoms with Crippen LogP contribution in [0, 0.1) is 0 Å². The van der Waals surface area contributed by atoms with Gasteiger partial charge in [0.2, 0.25) is 0 Å². The number of nitrogens with two attached hydrogens (primary N) is 2. The van der Waals surface area contributed by atoms with Crippen molar-refractivity contribution < 1.29 is 9.53 Å². The molecule has 0 amide bonds. The molecule has 4 N–H and O–H groups in total. The van der Waals surface area contributed by atoms with Crippen molar-refractivity contribution in [3.8, 4) is 0 Å². The number of hydrogen-bond donors (Lipinski definition) is 2. The molecule has 82 valence electrons. The Labute approximate surface area is 96.7 Å². The van der Waals surface area contributed by atoms with Crippen LogP contribution in [0.5, 0.6) is 0 Å². The third-order valence-corrected chi connectivity index (χ3v) is 2.43. The zero-order valence-electron chi connectivity index (χ0n) is 8.58. The van der Waals surface area contributed by atoms with E-state index in [-0.39, 0.29) is 0 Å². The van der Waals surface area contributed by atoms with Crippen LogP contribution in [0.3, 0.4) is 0 Å². The van der Waals surface area contributed by atoms with Gasteiger partial charge in [0, 0.05) is 11.3 Å². The summed E-state index contributed by atoms with van der Waals surface area (Å²) in [6.07, 6.45) is 0. The van der Waals surface area contributed by atoms with Crippen LogP contribution in [0.15, 0.2) is 18.2 Å². The van der Waals surface area contributed by atoms with Crippen molar-refractivity contribution in [2.75, 3.05) is 12.8 Å². The molecule has 0 fully saturated rings. The number of nitrogen functional groups attached to an aromatic ring is 1. The molecular weight excluding hydrogens is 260 g/mol. The SMILES string of the molecule is COC(=O)c1ccc([C@](C)(N)Br)c(N)c1. The number of hydrogen-bond acceptors (Lipinski definition) is 4. The highest BCUT2D eigenvalue weighted by molar-refractivity contribution is 9.09. The average Bonchev–Trinajstić information content (AvgIpc) is 2.14. The topological polar surface area (TPSA) is 78.3 Å². The molecule has 5 heteroatoms. The van der Waals surface area contributed by atoms with E-state index in [1.54, 1.807) is 25.1 Å². The third-order valence-electron chi connectivity index (χ3n) is 2.00. The quantitative estimate of drug-likeness (QED) is 0.371. The first kappa shape index (κ1) is 12.0. The molecule has 0 heterocycles. The molecule has 0 saturated carbocycles. The Morgan fingerprint density at radius 3 is 2.53 bits per heavy atom. The van der Waals surface area contributed by atoms with E-state index in [9.17, 15) is 4.79 Å². The Morgan fingerprint density at radius 1 is 1.53 bits per heavy atom. The molecular formula is C10H13BrN2O2. The molecule has 0 aliphatic carbocycles. The lowest BCUT2D eigenvalue weighted by atomic mass is 10.0. The Hall–Kier alpha value is -1.07. The van der Waals surface area contributed by atoms with Gasteiger partial charge in [-0.3, -0.25) is 0 Å². The summed E-state index contributed by atoms with van der Waals surface area (Å²) in [7, 11) is 1.32. The fourth-order valence-electron chi connectivity index (χ4n) is 1.25. The molecule has 0 bridgehead atoms. The van der Waals surface area contributed by atoms with Crippen LogP contribution in [-0.2, 0) is 9.19 Å².